The molecule has 0 saturated heterocycles. The summed E-state index contributed by atoms with van der Waals surface area (Å²) in [6, 6.07) is 14.1. The number of aryl methyl sites for hydroxylation is 1. The van der Waals surface area contributed by atoms with Gasteiger partial charge in [-0.25, -0.2) is 9.97 Å². The van der Waals surface area contributed by atoms with E-state index in [1.807, 2.05) is 43.3 Å². The molecular formula is C23H24N6O. The van der Waals surface area contributed by atoms with Crippen LogP contribution in [0.15, 0.2) is 67.3 Å². The molecule has 3 aromatic heterocycles. The van der Waals surface area contributed by atoms with Crippen LogP contribution in [0.5, 0.6) is 0 Å². The quantitative estimate of drug-likeness (QED) is 0.481. The van der Waals surface area contributed by atoms with E-state index in [2.05, 4.69) is 49.2 Å². The van der Waals surface area contributed by atoms with Gasteiger partial charge in [-0.2, -0.15) is 0 Å². The minimum absolute atomic E-state index is 0.176. The van der Waals surface area contributed by atoms with Gasteiger partial charge in [0.25, 0.3) is 5.91 Å². The number of aromatic nitrogens is 4. The molecule has 0 fully saturated rings. The predicted molar refractivity (Wildman–Crippen MR) is 118 cm³/mol. The largest absolute Gasteiger partial charge is 0.352 e. The molecule has 0 radical (unpaired) electrons. The molecule has 7 nitrogen and oxygen atoms in total. The van der Waals surface area contributed by atoms with Gasteiger partial charge in [-0.15, -0.1) is 0 Å². The van der Waals surface area contributed by atoms with Crippen molar-refractivity contribution in [3.05, 3.63) is 72.8 Å². The number of amides is 1. The van der Waals surface area contributed by atoms with E-state index >= 15 is 0 Å². The average molecular weight is 400 g/mol. The van der Waals surface area contributed by atoms with Crippen LogP contribution in [0.25, 0.3) is 22.2 Å². The van der Waals surface area contributed by atoms with E-state index in [9.17, 15) is 4.79 Å². The first kappa shape index (κ1) is 19.6. The van der Waals surface area contributed by atoms with Gasteiger partial charge in [0.15, 0.2) is 0 Å². The second kappa shape index (κ2) is 8.73. The van der Waals surface area contributed by atoms with Gasteiger partial charge < -0.3 is 14.8 Å². The molecule has 4 rings (SSSR count). The average Bonchev–Trinajstić information content (AvgIpc) is 3.20. The zero-order valence-electron chi connectivity index (χ0n) is 17.1. The van der Waals surface area contributed by atoms with Crippen molar-refractivity contribution in [2.24, 2.45) is 0 Å². The first-order valence-corrected chi connectivity index (χ1v) is 9.90. The zero-order chi connectivity index (χ0) is 20.9. The second-order valence-corrected chi connectivity index (χ2v) is 7.24. The number of hydrogen-bond donors (Lipinski definition) is 1. The summed E-state index contributed by atoms with van der Waals surface area (Å²) in [4.78, 5) is 27.6. The normalized spacial score (nSPS) is 10.9. The highest BCUT2D eigenvalue weighted by Crippen LogP contribution is 2.22. The Kier molecular flexibility index (Phi) is 5.70. The maximum absolute atomic E-state index is 12.9. The van der Waals surface area contributed by atoms with Gasteiger partial charge in [0.1, 0.15) is 0 Å². The van der Waals surface area contributed by atoms with E-state index in [-0.39, 0.29) is 5.91 Å². The highest BCUT2D eigenvalue weighted by Gasteiger charge is 2.16. The van der Waals surface area contributed by atoms with Crippen LogP contribution in [0.4, 0.5) is 5.95 Å². The number of fused-ring (bicyclic) bond motifs is 1. The molecule has 30 heavy (non-hydrogen) atoms. The number of pyridine rings is 1. The fraction of sp³-hybridized carbons (Fsp3) is 0.217. The Bertz CT molecular complexity index is 1150. The molecule has 152 valence electrons. The van der Waals surface area contributed by atoms with Crippen molar-refractivity contribution in [1.82, 2.24) is 24.8 Å². The molecule has 4 aromatic rings. The molecule has 0 aliphatic rings. The molecular weight excluding hydrogens is 376 g/mol. The number of rotatable bonds is 7. The van der Waals surface area contributed by atoms with Crippen molar-refractivity contribution < 1.29 is 4.79 Å². The molecule has 0 unspecified atom stereocenters. The Labute approximate surface area is 175 Å². The van der Waals surface area contributed by atoms with Crippen molar-refractivity contribution >= 4 is 22.8 Å². The van der Waals surface area contributed by atoms with Gasteiger partial charge >= 0.3 is 0 Å². The number of hydrogen-bond acceptors (Lipinski definition) is 5. The van der Waals surface area contributed by atoms with Crippen molar-refractivity contribution in [2.45, 2.75) is 13.0 Å². The third kappa shape index (κ3) is 4.15. The zero-order valence-corrected chi connectivity index (χ0v) is 17.1. The Morgan fingerprint density at radius 2 is 1.90 bits per heavy atom. The van der Waals surface area contributed by atoms with E-state index in [1.54, 1.807) is 18.6 Å². The second-order valence-electron chi connectivity index (χ2n) is 7.24. The van der Waals surface area contributed by atoms with E-state index < -0.39 is 0 Å². The maximum Gasteiger partial charge on any atom is 0.255 e. The lowest BCUT2D eigenvalue weighted by Gasteiger charge is -2.14. The molecule has 0 aliphatic heterocycles. The van der Waals surface area contributed by atoms with Crippen LogP contribution in [0.1, 0.15) is 16.8 Å². The Hall–Kier alpha value is -3.74. The number of nitrogens with zero attached hydrogens (tertiary/aromatic N) is 5. The molecule has 0 aliphatic carbocycles. The number of para-hydroxylation sites is 1. The summed E-state index contributed by atoms with van der Waals surface area (Å²) in [5.74, 6) is 0.377. The monoisotopic (exact) mass is 400 g/mol. The predicted octanol–water partition coefficient (Wildman–Crippen LogP) is 3.38. The lowest BCUT2D eigenvalue weighted by Crippen LogP contribution is -2.26. The number of benzene rings is 1. The van der Waals surface area contributed by atoms with E-state index in [1.165, 1.54) is 10.9 Å². The van der Waals surface area contributed by atoms with Gasteiger partial charge in [-0.1, -0.05) is 18.2 Å². The Balaban J connectivity index is 1.45. The van der Waals surface area contributed by atoms with Gasteiger partial charge in [0.05, 0.1) is 11.3 Å². The Morgan fingerprint density at radius 1 is 1.10 bits per heavy atom. The number of anilines is 1. The maximum atomic E-state index is 12.9. The van der Waals surface area contributed by atoms with Gasteiger partial charge in [0, 0.05) is 63.1 Å². The molecule has 1 aromatic carbocycles. The Morgan fingerprint density at radius 3 is 2.70 bits per heavy atom. The topological polar surface area (TPSA) is 75.9 Å². The van der Waals surface area contributed by atoms with Crippen LogP contribution in [-0.2, 0) is 6.54 Å². The SMILES string of the molecule is CN(C)c1ncc(C(=O)NCCCn2ccc3ccccc32)c(-c2ccncc2)n1. The van der Waals surface area contributed by atoms with Crippen LogP contribution in [-0.4, -0.2) is 46.1 Å². The summed E-state index contributed by atoms with van der Waals surface area (Å²) in [6.45, 7) is 1.40. The highest BCUT2D eigenvalue weighted by atomic mass is 16.1. The van der Waals surface area contributed by atoms with E-state index in [0.29, 0.717) is 23.8 Å². The highest BCUT2D eigenvalue weighted by molar-refractivity contribution is 5.99. The summed E-state index contributed by atoms with van der Waals surface area (Å²) in [7, 11) is 3.74. The van der Waals surface area contributed by atoms with Crippen molar-refractivity contribution in [3.8, 4) is 11.3 Å². The van der Waals surface area contributed by atoms with Crippen LogP contribution >= 0.6 is 0 Å². The molecule has 0 spiro atoms. The lowest BCUT2D eigenvalue weighted by molar-refractivity contribution is 0.0953. The molecule has 0 atom stereocenters. The molecule has 1 amide bonds. The summed E-state index contributed by atoms with van der Waals surface area (Å²) < 4.78 is 2.21. The standard InChI is InChI=1S/C23H24N6O/c1-28(2)23-26-16-19(21(27-23)18-8-12-24-13-9-18)22(30)25-11-5-14-29-15-10-17-6-3-4-7-20(17)29/h3-4,6-10,12-13,15-16H,5,11,14H2,1-2H3,(H,25,30). The van der Waals surface area contributed by atoms with Gasteiger partial charge in [-0.05, 0) is 36.1 Å². The fourth-order valence-corrected chi connectivity index (χ4v) is 3.37. The number of carbonyl (C=O) groups excluding carboxylic acids is 1. The fourth-order valence-electron chi connectivity index (χ4n) is 3.37. The smallest absolute Gasteiger partial charge is 0.255 e. The minimum atomic E-state index is -0.176. The molecule has 0 saturated carbocycles. The molecule has 0 bridgehead atoms. The summed E-state index contributed by atoms with van der Waals surface area (Å²) in [6.07, 6.45) is 7.88. The van der Waals surface area contributed by atoms with Crippen LogP contribution in [0.3, 0.4) is 0 Å². The first-order valence-electron chi connectivity index (χ1n) is 9.90. The summed E-state index contributed by atoms with van der Waals surface area (Å²) in [5.41, 5.74) is 3.10. The van der Waals surface area contributed by atoms with E-state index in [4.69, 9.17) is 0 Å². The summed E-state index contributed by atoms with van der Waals surface area (Å²) >= 11 is 0. The van der Waals surface area contributed by atoms with Gasteiger partial charge in [-0.3, -0.25) is 9.78 Å². The lowest BCUT2D eigenvalue weighted by atomic mass is 10.1. The summed E-state index contributed by atoms with van der Waals surface area (Å²) in [5, 5.41) is 4.23. The van der Waals surface area contributed by atoms with Crippen molar-refractivity contribution in [2.75, 3.05) is 25.5 Å². The first-order chi connectivity index (χ1) is 14.6. The molecule has 7 heteroatoms. The number of carbonyl (C=O) groups is 1. The third-order valence-electron chi connectivity index (χ3n) is 4.92. The number of nitrogens with one attached hydrogen (secondary N) is 1. The van der Waals surface area contributed by atoms with Crippen molar-refractivity contribution in [1.29, 1.82) is 0 Å². The van der Waals surface area contributed by atoms with Crippen LogP contribution in [0.2, 0.25) is 0 Å². The van der Waals surface area contributed by atoms with Crippen LogP contribution < -0.4 is 10.2 Å². The molecule has 1 N–H and O–H groups in total. The molecule has 3 heterocycles. The van der Waals surface area contributed by atoms with Crippen LogP contribution in [0, 0.1) is 0 Å². The van der Waals surface area contributed by atoms with Gasteiger partial charge in [0.2, 0.25) is 5.95 Å². The van der Waals surface area contributed by atoms with Crippen molar-refractivity contribution in [3.63, 3.8) is 0 Å². The third-order valence-corrected chi connectivity index (χ3v) is 4.92. The minimum Gasteiger partial charge on any atom is -0.352 e. The van der Waals surface area contributed by atoms with E-state index in [0.717, 1.165) is 18.5 Å².